The van der Waals surface area contributed by atoms with Crippen LogP contribution in [0.5, 0.6) is 5.75 Å². The van der Waals surface area contributed by atoms with Gasteiger partial charge in [0.1, 0.15) is 12.4 Å². The minimum atomic E-state index is 0.404. The zero-order valence-corrected chi connectivity index (χ0v) is 11.5. The fourth-order valence-electron chi connectivity index (χ4n) is 2.48. The second-order valence-corrected chi connectivity index (χ2v) is 5.25. The maximum absolute atomic E-state index is 5.92. The molecule has 3 heteroatoms. The molecule has 3 nitrogen and oxygen atoms in total. The molecule has 1 aliphatic rings. The summed E-state index contributed by atoms with van der Waals surface area (Å²) in [6, 6.07) is 6.68. The predicted molar refractivity (Wildman–Crippen MR) is 75.1 cm³/mol. The Balaban J connectivity index is 1.78. The van der Waals surface area contributed by atoms with Crippen molar-refractivity contribution in [3.05, 3.63) is 29.3 Å². The lowest BCUT2D eigenvalue weighted by atomic mass is 10.1. The zero-order chi connectivity index (χ0) is 13.0. The Hall–Kier alpha value is -1.06. The molecule has 2 N–H and O–H groups in total. The van der Waals surface area contributed by atoms with Crippen LogP contribution in [0.3, 0.4) is 0 Å². The highest BCUT2D eigenvalue weighted by Gasteiger charge is 2.15. The van der Waals surface area contributed by atoms with Gasteiger partial charge in [-0.25, -0.2) is 0 Å². The predicted octanol–water partition coefficient (Wildman–Crippen LogP) is 2.11. The first-order valence-corrected chi connectivity index (χ1v) is 6.84. The van der Waals surface area contributed by atoms with E-state index in [9.17, 15) is 0 Å². The van der Waals surface area contributed by atoms with Crippen molar-refractivity contribution in [3.8, 4) is 5.75 Å². The summed E-state index contributed by atoms with van der Waals surface area (Å²) < 4.78 is 5.92. The summed E-state index contributed by atoms with van der Waals surface area (Å²) >= 11 is 0. The van der Waals surface area contributed by atoms with Crippen LogP contribution in [-0.4, -0.2) is 37.2 Å². The number of para-hydroxylation sites is 1. The highest BCUT2D eigenvalue weighted by atomic mass is 16.5. The number of aryl methyl sites for hydroxylation is 2. The SMILES string of the molecule is Cc1cccc(C)c1OCCN1CCC(N)CC1. The quantitative estimate of drug-likeness (QED) is 0.887. The number of hydrogen-bond acceptors (Lipinski definition) is 3. The molecule has 1 fully saturated rings. The Morgan fingerprint density at radius 2 is 1.83 bits per heavy atom. The largest absolute Gasteiger partial charge is 0.492 e. The average Bonchev–Trinajstić information content (AvgIpc) is 2.35. The lowest BCUT2D eigenvalue weighted by Gasteiger charge is -2.29. The van der Waals surface area contributed by atoms with Crippen molar-refractivity contribution < 1.29 is 4.74 Å². The van der Waals surface area contributed by atoms with Gasteiger partial charge in [-0.3, -0.25) is 4.90 Å². The van der Waals surface area contributed by atoms with E-state index in [-0.39, 0.29) is 0 Å². The molecule has 1 aliphatic heterocycles. The number of hydrogen-bond donors (Lipinski definition) is 1. The molecule has 0 amide bonds. The molecule has 0 aliphatic carbocycles. The van der Waals surface area contributed by atoms with Gasteiger partial charge in [-0.1, -0.05) is 18.2 Å². The third kappa shape index (κ3) is 3.47. The molecule has 1 aromatic carbocycles. The van der Waals surface area contributed by atoms with E-state index in [1.807, 2.05) is 0 Å². The third-order valence-electron chi connectivity index (χ3n) is 3.69. The van der Waals surface area contributed by atoms with Crippen molar-refractivity contribution in [2.24, 2.45) is 5.73 Å². The van der Waals surface area contributed by atoms with E-state index in [1.54, 1.807) is 0 Å². The Labute approximate surface area is 110 Å². The highest BCUT2D eigenvalue weighted by molar-refractivity contribution is 5.39. The van der Waals surface area contributed by atoms with Crippen molar-refractivity contribution in [1.29, 1.82) is 0 Å². The molecular weight excluding hydrogens is 224 g/mol. The Morgan fingerprint density at radius 3 is 2.44 bits per heavy atom. The van der Waals surface area contributed by atoms with Crippen molar-refractivity contribution >= 4 is 0 Å². The first-order chi connectivity index (χ1) is 8.66. The second-order valence-electron chi connectivity index (χ2n) is 5.25. The fourth-order valence-corrected chi connectivity index (χ4v) is 2.48. The summed E-state index contributed by atoms with van der Waals surface area (Å²) in [7, 11) is 0. The Morgan fingerprint density at radius 1 is 1.22 bits per heavy atom. The number of likely N-dealkylation sites (tertiary alicyclic amines) is 1. The summed E-state index contributed by atoms with van der Waals surface area (Å²) in [5.41, 5.74) is 8.33. The zero-order valence-electron chi connectivity index (χ0n) is 11.5. The van der Waals surface area contributed by atoms with E-state index >= 15 is 0 Å². The van der Waals surface area contributed by atoms with Gasteiger partial charge < -0.3 is 10.5 Å². The molecule has 0 saturated carbocycles. The van der Waals surface area contributed by atoms with E-state index in [4.69, 9.17) is 10.5 Å². The normalized spacial score (nSPS) is 17.9. The van der Waals surface area contributed by atoms with E-state index in [1.165, 1.54) is 11.1 Å². The van der Waals surface area contributed by atoms with E-state index in [0.29, 0.717) is 6.04 Å². The molecule has 1 saturated heterocycles. The summed E-state index contributed by atoms with van der Waals surface area (Å²) in [6.45, 7) is 8.18. The number of ether oxygens (including phenoxy) is 1. The number of nitrogens with zero attached hydrogens (tertiary/aromatic N) is 1. The van der Waals surface area contributed by atoms with Gasteiger partial charge >= 0.3 is 0 Å². The summed E-state index contributed by atoms with van der Waals surface area (Å²) in [6.07, 6.45) is 2.23. The van der Waals surface area contributed by atoms with Crippen molar-refractivity contribution in [2.45, 2.75) is 32.7 Å². The van der Waals surface area contributed by atoms with Crippen LogP contribution < -0.4 is 10.5 Å². The van der Waals surface area contributed by atoms with Crippen LogP contribution in [-0.2, 0) is 0 Å². The fraction of sp³-hybridized carbons (Fsp3) is 0.600. The standard InChI is InChI=1S/C15H24N2O/c1-12-4-3-5-13(2)15(12)18-11-10-17-8-6-14(16)7-9-17/h3-5,14H,6-11,16H2,1-2H3. The first kappa shape index (κ1) is 13.4. The molecule has 0 spiro atoms. The molecule has 1 heterocycles. The molecule has 0 aromatic heterocycles. The van der Waals surface area contributed by atoms with Crippen LogP contribution in [0.25, 0.3) is 0 Å². The molecule has 18 heavy (non-hydrogen) atoms. The van der Waals surface area contributed by atoms with Crippen molar-refractivity contribution in [3.63, 3.8) is 0 Å². The molecule has 0 unspecified atom stereocenters. The molecule has 0 radical (unpaired) electrons. The molecule has 0 atom stereocenters. The maximum Gasteiger partial charge on any atom is 0.125 e. The van der Waals surface area contributed by atoms with Crippen LogP contribution in [0.1, 0.15) is 24.0 Å². The molecule has 2 rings (SSSR count). The topological polar surface area (TPSA) is 38.5 Å². The van der Waals surface area contributed by atoms with Gasteiger partial charge in [0.2, 0.25) is 0 Å². The van der Waals surface area contributed by atoms with Crippen LogP contribution in [0.15, 0.2) is 18.2 Å². The molecule has 0 bridgehead atoms. The molecule has 100 valence electrons. The number of rotatable bonds is 4. The van der Waals surface area contributed by atoms with Gasteiger partial charge in [0.25, 0.3) is 0 Å². The Bertz CT molecular complexity index is 364. The van der Waals surface area contributed by atoms with Crippen LogP contribution in [0, 0.1) is 13.8 Å². The van der Waals surface area contributed by atoms with Crippen molar-refractivity contribution in [1.82, 2.24) is 4.90 Å². The summed E-state index contributed by atoms with van der Waals surface area (Å²) in [5.74, 6) is 1.05. The van der Waals surface area contributed by atoms with Gasteiger partial charge in [-0.2, -0.15) is 0 Å². The van der Waals surface area contributed by atoms with E-state index in [2.05, 4.69) is 36.9 Å². The number of nitrogens with two attached hydrogens (primary N) is 1. The molecule has 1 aromatic rings. The van der Waals surface area contributed by atoms with Crippen LogP contribution in [0.2, 0.25) is 0 Å². The van der Waals surface area contributed by atoms with Crippen LogP contribution >= 0.6 is 0 Å². The molecular formula is C15H24N2O. The monoisotopic (exact) mass is 248 g/mol. The first-order valence-electron chi connectivity index (χ1n) is 6.84. The van der Waals surface area contributed by atoms with Crippen molar-refractivity contribution in [2.75, 3.05) is 26.2 Å². The van der Waals surface area contributed by atoms with E-state index < -0.39 is 0 Å². The lowest BCUT2D eigenvalue weighted by Crippen LogP contribution is -2.41. The minimum Gasteiger partial charge on any atom is -0.492 e. The summed E-state index contributed by atoms with van der Waals surface area (Å²) in [5, 5.41) is 0. The van der Waals surface area contributed by atoms with Gasteiger partial charge in [-0.15, -0.1) is 0 Å². The third-order valence-corrected chi connectivity index (χ3v) is 3.69. The van der Waals surface area contributed by atoms with Gasteiger partial charge in [0.05, 0.1) is 0 Å². The second kappa shape index (κ2) is 6.21. The van der Waals surface area contributed by atoms with E-state index in [0.717, 1.165) is 44.8 Å². The number of benzene rings is 1. The van der Waals surface area contributed by atoms with Crippen LogP contribution in [0.4, 0.5) is 0 Å². The number of piperidine rings is 1. The Kier molecular flexibility index (Phi) is 4.61. The van der Waals surface area contributed by atoms with Gasteiger partial charge in [-0.05, 0) is 50.9 Å². The van der Waals surface area contributed by atoms with Gasteiger partial charge in [0, 0.05) is 12.6 Å². The minimum absolute atomic E-state index is 0.404. The summed E-state index contributed by atoms with van der Waals surface area (Å²) in [4.78, 5) is 2.44. The highest BCUT2D eigenvalue weighted by Crippen LogP contribution is 2.22. The lowest BCUT2D eigenvalue weighted by molar-refractivity contribution is 0.173. The van der Waals surface area contributed by atoms with Gasteiger partial charge in [0.15, 0.2) is 0 Å². The maximum atomic E-state index is 5.92. The average molecular weight is 248 g/mol. The smallest absolute Gasteiger partial charge is 0.125 e.